The normalized spacial score (nSPS) is 11.0. The fourth-order valence-electron chi connectivity index (χ4n) is 1.80. The zero-order valence-corrected chi connectivity index (χ0v) is 12.1. The van der Waals surface area contributed by atoms with Gasteiger partial charge in [-0.05, 0) is 25.0 Å². The van der Waals surface area contributed by atoms with Gasteiger partial charge in [0.05, 0.1) is 16.2 Å². The summed E-state index contributed by atoms with van der Waals surface area (Å²) in [6.45, 7) is 3.67. The summed E-state index contributed by atoms with van der Waals surface area (Å²) >= 11 is 4.96. The fourth-order valence-corrected chi connectivity index (χ4v) is 2.14. The molecule has 0 radical (unpaired) electrons. The highest BCUT2D eigenvalue weighted by Crippen LogP contribution is 2.18. The van der Waals surface area contributed by atoms with Gasteiger partial charge in [-0.25, -0.2) is 13.6 Å². The van der Waals surface area contributed by atoms with Crippen LogP contribution in [0.2, 0.25) is 0 Å². The molecule has 0 atom stereocenters. The summed E-state index contributed by atoms with van der Waals surface area (Å²) in [6, 6.07) is 2.24. The van der Waals surface area contributed by atoms with Crippen molar-refractivity contribution in [1.29, 1.82) is 0 Å². The van der Waals surface area contributed by atoms with Crippen molar-refractivity contribution in [1.82, 2.24) is 5.32 Å². The number of urea groups is 1. The second kappa shape index (κ2) is 6.60. The topological polar surface area (TPSA) is 67.2 Å². The summed E-state index contributed by atoms with van der Waals surface area (Å²) in [5, 5.41) is 4.95. The third-order valence-corrected chi connectivity index (χ3v) is 3.60. The monoisotopic (exact) mass is 301 g/mol. The number of nitrogens with one attached hydrogen (secondary N) is 2. The molecule has 20 heavy (non-hydrogen) atoms. The van der Waals surface area contributed by atoms with Gasteiger partial charge in [0, 0.05) is 6.07 Å². The molecule has 1 aromatic rings. The van der Waals surface area contributed by atoms with E-state index in [0.717, 1.165) is 12.1 Å². The molecule has 1 rings (SSSR count). The first-order chi connectivity index (χ1) is 9.34. The van der Waals surface area contributed by atoms with Crippen molar-refractivity contribution in [3.05, 3.63) is 29.8 Å². The van der Waals surface area contributed by atoms with Gasteiger partial charge in [-0.2, -0.15) is 0 Å². The number of halogens is 2. The number of hydrogen-bond donors (Lipinski definition) is 3. The molecule has 0 aliphatic rings. The Morgan fingerprint density at radius 1 is 1.35 bits per heavy atom. The van der Waals surface area contributed by atoms with Crippen molar-refractivity contribution >= 4 is 28.9 Å². The summed E-state index contributed by atoms with van der Waals surface area (Å²) in [6.07, 6.45) is 1.02. The molecule has 2 amide bonds. The molecule has 0 spiro atoms. The maximum Gasteiger partial charge on any atom is 0.320 e. The SMILES string of the molecule is CCC(CC)(NC(=O)Nc1ccc(F)cc1F)C(N)=S. The molecule has 0 saturated heterocycles. The maximum absolute atomic E-state index is 13.4. The number of rotatable bonds is 5. The minimum atomic E-state index is -0.853. The molecule has 0 unspecified atom stereocenters. The Morgan fingerprint density at radius 2 is 1.95 bits per heavy atom. The molecule has 110 valence electrons. The largest absolute Gasteiger partial charge is 0.391 e. The number of carbonyl (C=O) groups is 1. The molecule has 4 nitrogen and oxygen atoms in total. The third-order valence-electron chi connectivity index (χ3n) is 3.21. The van der Waals surface area contributed by atoms with Crippen molar-refractivity contribution in [3.63, 3.8) is 0 Å². The summed E-state index contributed by atoms with van der Waals surface area (Å²) < 4.78 is 26.2. The molecule has 4 N–H and O–H groups in total. The zero-order valence-electron chi connectivity index (χ0n) is 11.3. The highest BCUT2D eigenvalue weighted by atomic mass is 32.1. The van der Waals surface area contributed by atoms with Crippen LogP contribution in [-0.4, -0.2) is 16.6 Å². The van der Waals surface area contributed by atoms with Crippen LogP contribution in [-0.2, 0) is 0 Å². The average molecular weight is 301 g/mol. The van der Waals surface area contributed by atoms with Gasteiger partial charge in [0.2, 0.25) is 0 Å². The van der Waals surface area contributed by atoms with Gasteiger partial charge >= 0.3 is 6.03 Å². The Morgan fingerprint density at radius 3 is 2.40 bits per heavy atom. The van der Waals surface area contributed by atoms with E-state index in [2.05, 4.69) is 10.6 Å². The van der Waals surface area contributed by atoms with E-state index >= 15 is 0 Å². The minimum absolute atomic E-state index is 0.118. The number of hydrogen-bond acceptors (Lipinski definition) is 2. The quantitative estimate of drug-likeness (QED) is 0.733. The van der Waals surface area contributed by atoms with E-state index in [1.165, 1.54) is 0 Å². The second-order valence-electron chi connectivity index (χ2n) is 4.36. The lowest BCUT2D eigenvalue weighted by Gasteiger charge is -2.31. The van der Waals surface area contributed by atoms with Crippen LogP contribution in [0.5, 0.6) is 0 Å². The molecule has 0 bridgehead atoms. The van der Waals surface area contributed by atoms with Gasteiger partial charge in [0.15, 0.2) is 0 Å². The Labute approximate surface area is 121 Å². The molecular formula is C13H17F2N3OS. The standard InChI is InChI=1S/C13H17F2N3OS/c1-3-13(4-2,11(16)20)18-12(19)17-10-6-5-8(14)7-9(10)15/h5-7H,3-4H2,1-2H3,(H2,16,20)(H2,17,18,19). The van der Waals surface area contributed by atoms with Gasteiger partial charge in [-0.3, -0.25) is 0 Å². The number of anilines is 1. The lowest BCUT2D eigenvalue weighted by Crippen LogP contribution is -2.57. The lowest BCUT2D eigenvalue weighted by atomic mass is 9.93. The predicted octanol–water partition coefficient (Wildman–Crippen LogP) is 2.93. The van der Waals surface area contributed by atoms with E-state index in [4.69, 9.17) is 18.0 Å². The van der Waals surface area contributed by atoms with Crippen LogP contribution in [0.25, 0.3) is 0 Å². The summed E-state index contributed by atoms with van der Waals surface area (Å²) in [4.78, 5) is 12.1. The molecule has 0 aromatic heterocycles. The zero-order chi connectivity index (χ0) is 15.3. The van der Waals surface area contributed by atoms with Gasteiger partial charge in [0.25, 0.3) is 0 Å². The van der Waals surface area contributed by atoms with Crippen molar-refractivity contribution in [2.24, 2.45) is 5.73 Å². The smallest absolute Gasteiger partial charge is 0.320 e. The highest BCUT2D eigenvalue weighted by molar-refractivity contribution is 7.80. The first-order valence-corrected chi connectivity index (χ1v) is 6.59. The van der Waals surface area contributed by atoms with Gasteiger partial charge < -0.3 is 16.4 Å². The van der Waals surface area contributed by atoms with Crippen molar-refractivity contribution in [3.8, 4) is 0 Å². The predicted molar refractivity (Wildman–Crippen MR) is 78.6 cm³/mol. The molecule has 0 fully saturated rings. The molecule has 0 aliphatic heterocycles. The minimum Gasteiger partial charge on any atom is -0.391 e. The Hall–Kier alpha value is -1.76. The van der Waals surface area contributed by atoms with E-state index in [9.17, 15) is 13.6 Å². The van der Waals surface area contributed by atoms with Crippen LogP contribution in [0, 0.1) is 11.6 Å². The van der Waals surface area contributed by atoms with Crippen LogP contribution in [0.4, 0.5) is 19.3 Å². The Balaban J connectivity index is 2.83. The van der Waals surface area contributed by atoms with Crippen LogP contribution < -0.4 is 16.4 Å². The molecule has 0 aliphatic carbocycles. The van der Waals surface area contributed by atoms with Crippen molar-refractivity contribution in [2.45, 2.75) is 32.2 Å². The first-order valence-electron chi connectivity index (χ1n) is 6.18. The summed E-state index contributed by atoms with van der Waals surface area (Å²) in [5.74, 6) is -1.57. The van der Waals surface area contributed by atoms with E-state index in [1.807, 2.05) is 13.8 Å². The summed E-state index contributed by atoms with van der Waals surface area (Å²) in [5.41, 5.74) is 4.71. The Kier molecular flexibility index (Phi) is 5.38. The molecule has 0 heterocycles. The molecule has 7 heteroatoms. The van der Waals surface area contributed by atoms with Crippen LogP contribution in [0.3, 0.4) is 0 Å². The lowest BCUT2D eigenvalue weighted by molar-refractivity contribution is 0.243. The maximum atomic E-state index is 13.4. The van der Waals surface area contributed by atoms with Gasteiger partial charge in [-0.15, -0.1) is 0 Å². The number of thiocarbonyl (C=S) groups is 1. The van der Waals surface area contributed by atoms with E-state index in [0.29, 0.717) is 18.9 Å². The Bertz CT molecular complexity index is 518. The summed E-state index contributed by atoms with van der Waals surface area (Å²) in [7, 11) is 0. The third kappa shape index (κ3) is 3.63. The van der Waals surface area contributed by atoms with Gasteiger partial charge in [-0.1, -0.05) is 26.1 Å². The molecule has 0 saturated carbocycles. The second-order valence-corrected chi connectivity index (χ2v) is 4.80. The first kappa shape index (κ1) is 16.3. The molecule has 1 aromatic carbocycles. The van der Waals surface area contributed by atoms with E-state index in [-0.39, 0.29) is 10.7 Å². The highest BCUT2D eigenvalue weighted by Gasteiger charge is 2.31. The number of amides is 2. The van der Waals surface area contributed by atoms with Crippen LogP contribution in [0.1, 0.15) is 26.7 Å². The number of benzene rings is 1. The van der Waals surface area contributed by atoms with E-state index < -0.39 is 23.2 Å². The fraction of sp³-hybridized carbons (Fsp3) is 0.385. The van der Waals surface area contributed by atoms with Crippen molar-refractivity contribution < 1.29 is 13.6 Å². The van der Waals surface area contributed by atoms with Crippen molar-refractivity contribution in [2.75, 3.05) is 5.32 Å². The van der Waals surface area contributed by atoms with Crippen LogP contribution in [0.15, 0.2) is 18.2 Å². The molecular weight excluding hydrogens is 284 g/mol. The number of nitrogens with two attached hydrogens (primary N) is 1. The van der Waals surface area contributed by atoms with Crippen LogP contribution >= 0.6 is 12.2 Å². The van der Waals surface area contributed by atoms with E-state index in [1.54, 1.807) is 0 Å². The van der Waals surface area contributed by atoms with Gasteiger partial charge in [0.1, 0.15) is 11.6 Å². The average Bonchev–Trinajstić information content (AvgIpc) is 2.39. The number of carbonyl (C=O) groups excluding carboxylic acids is 1.